The second-order valence-corrected chi connectivity index (χ2v) is 7.61. The predicted molar refractivity (Wildman–Crippen MR) is 92.1 cm³/mol. The zero-order chi connectivity index (χ0) is 17.7. The molecule has 2 aliphatic rings. The molecule has 0 unspecified atom stereocenters. The van der Waals surface area contributed by atoms with E-state index in [4.69, 9.17) is 13.8 Å². The molecule has 1 aliphatic carbocycles. The number of hydrogen-bond donors (Lipinski definition) is 1. The van der Waals surface area contributed by atoms with E-state index in [0.29, 0.717) is 35.8 Å². The van der Waals surface area contributed by atoms with Gasteiger partial charge in [0.2, 0.25) is 0 Å². The van der Waals surface area contributed by atoms with Gasteiger partial charge in [-0.25, -0.2) is 0 Å². The van der Waals surface area contributed by atoms with Gasteiger partial charge < -0.3 is 19.1 Å². The number of anilines is 1. The van der Waals surface area contributed by atoms with Gasteiger partial charge in [-0.05, 0) is 31.7 Å². The van der Waals surface area contributed by atoms with Crippen LogP contribution in [0.5, 0.6) is 0 Å². The number of thiophene rings is 1. The van der Waals surface area contributed by atoms with Crippen molar-refractivity contribution in [2.24, 2.45) is 0 Å². The molecule has 0 bridgehead atoms. The second kappa shape index (κ2) is 6.03. The number of nitrogens with zero attached hydrogens (tertiary/aromatic N) is 3. The standard InChI is InChI=1S/C17H16N4O4S/c1-8-18-16(25-20-8)14-10-4-5-23-7-13(10)26-17(14)19-15(22)11-6-12(24-21-11)9-2-3-9/h6,9H,2-5,7H2,1H3,(H,19,22). The molecule has 0 spiro atoms. The summed E-state index contributed by atoms with van der Waals surface area (Å²) in [4.78, 5) is 18.1. The number of amides is 1. The van der Waals surface area contributed by atoms with Gasteiger partial charge in [-0.15, -0.1) is 11.3 Å². The molecule has 1 N–H and O–H groups in total. The quantitative estimate of drug-likeness (QED) is 0.749. The Labute approximate surface area is 152 Å². The van der Waals surface area contributed by atoms with E-state index >= 15 is 0 Å². The van der Waals surface area contributed by atoms with Crippen molar-refractivity contribution in [3.8, 4) is 11.5 Å². The van der Waals surface area contributed by atoms with Crippen molar-refractivity contribution in [2.45, 2.75) is 38.7 Å². The average molecular weight is 372 g/mol. The number of carbonyl (C=O) groups is 1. The maximum absolute atomic E-state index is 12.6. The Kier molecular flexibility index (Phi) is 3.64. The van der Waals surface area contributed by atoms with Crippen LogP contribution in [-0.4, -0.2) is 27.8 Å². The van der Waals surface area contributed by atoms with E-state index in [9.17, 15) is 4.79 Å². The third-order valence-electron chi connectivity index (χ3n) is 4.53. The van der Waals surface area contributed by atoms with E-state index in [2.05, 4.69) is 20.6 Å². The SMILES string of the molecule is Cc1noc(-c2c(NC(=O)c3cc(C4CC4)on3)sc3c2CCOC3)n1. The van der Waals surface area contributed by atoms with Crippen LogP contribution in [0.2, 0.25) is 0 Å². The van der Waals surface area contributed by atoms with Gasteiger partial charge in [0.25, 0.3) is 11.8 Å². The number of nitrogens with one attached hydrogen (secondary N) is 1. The molecule has 134 valence electrons. The Balaban J connectivity index is 1.49. The molecule has 4 heterocycles. The molecule has 1 saturated carbocycles. The van der Waals surface area contributed by atoms with E-state index < -0.39 is 0 Å². The van der Waals surface area contributed by atoms with Crippen LogP contribution in [0.15, 0.2) is 15.1 Å². The first-order chi connectivity index (χ1) is 12.7. The monoisotopic (exact) mass is 372 g/mol. The highest BCUT2D eigenvalue weighted by Gasteiger charge is 2.30. The third kappa shape index (κ3) is 2.73. The van der Waals surface area contributed by atoms with Crippen LogP contribution in [0, 0.1) is 6.92 Å². The maximum Gasteiger partial charge on any atom is 0.278 e. The van der Waals surface area contributed by atoms with E-state index in [1.165, 1.54) is 11.3 Å². The maximum atomic E-state index is 12.6. The smallest absolute Gasteiger partial charge is 0.278 e. The van der Waals surface area contributed by atoms with Crippen LogP contribution in [0.1, 0.15) is 51.3 Å². The third-order valence-corrected chi connectivity index (χ3v) is 5.65. The lowest BCUT2D eigenvalue weighted by Crippen LogP contribution is -2.12. The minimum atomic E-state index is -0.308. The molecule has 1 amide bonds. The molecule has 0 atom stereocenters. The van der Waals surface area contributed by atoms with Gasteiger partial charge in [-0.2, -0.15) is 4.98 Å². The molecule has 5 rings (SSSR count). The number of fused-ring (bicyclic) bond motifs is 1. The fraction of sp³-hybridized carbons (Fsp3) is 0.412. The van der Waals surface area contributed by atoms with Crippen LogP contribution >= 0.6 is 11.3 Å². The summed E-state index contributed by atoms with van der Waals surface area (Å²) >= 11 is 1.47. The number of hydrogen-bond acceptors (Lipinski definition) is 8. The number of rotatable bonds is 4. The van der Waals surface area contributed by atoms with Crippen molar-refractivity contribution >= 4 is 22.2 Å². The first kappa shape index (κ1) is 15.7. The van der Waals surface area contributed by atoms with Crippen molar-refractivity contribution in [1.82, 2.24) is 15.3 Å². The number of carbonyl (C=O) groups excluding carboxylic acids is 1. The lowest BCUT2D eigenvalue weighted by Gasteiger charge is -2.12. The summed E-state index contributed by atoms with van der Waals surface area (Å²) in [6, 6.07) is 1.72. The average Bonchev–Trinajstić information content (AvgIpc) is 3.05. The Morgan fingerprint density at radius 2 is 2.19 bits per heavy atom. The summed E-state index contributed by atoms with van der Waals surface area (Å²) in [6.07, 6.45) is 2.93. The Morgan fingerprint density at radius 3 is 2.96 bits per heavy atom. The number of aromatic nitrogens is 3. The highest BCUT2D eigenvalue weighted by molar-refractivity contribution is 7.17. The van der Waals surface area contributed by atoms with Gasteiger partial charge in [-0.3, -0.25) is 4.79 Å². The van der Waals surface area contributed by atoms with Crippen molar-refractivity contribution in [1.29, 1.82) is 0 Å². The Hall–Kier alpha value is -2.52. The second-order valence-electron chi connectivity index (χ2n) is 6.50. The molecular weight excluding hydrogens is 356 g/mol. The van der Waals surface area contributed by atoms with Crippen LogP contribution in [0.25, 0.3) is 11.5 Å². The van der Waals surface area contributed by atoms with E-state index in [1.54, 1.807) is 13.0 Å². The van der Waals surface area contributed by atoms with Gasteiger partial charge in [0.1, 0.15) is 10.8 Å². The molecule has 0 aromatic carbocycles. The minimum absolute atomic E-state index is 0.280. The van der Waals surface area contributed by atoms with E-state index in [1.807, 2.05) is 0 Å². The summed E-state index contributed by atoms with van der Waals surface area (Å²) in [5.41, 5.74) is 2.16. The highest BCUT2D eigenvalue weighted by atomic mass is 32.1. The van der Waals surface area contributed by atoms with Crippen molar-refractivity contribution in [3.05, 3.63) is 33.8 Å². The van der Waals surface area contributed by atoms with Crippen LogP contribution in [0.3, 0.4) is 0 Å². The predicted octanol–water partition coefficient (Wildman–Crippen LogP) is 3.30. The van der Waals surface area contributed by atoms with Gasteiger partial charge in [0, 0.05) is 16.9 Å². The zero-order valence-corrected chi connectivity index (χ0v) is 14.9. The summed E-state index contributed by atoms with van der Waals surface area (Å²) in [5.74, 6) is 1.84. The molecule has 3 aromatic rings. The normalized spacial score (nSPS) is 16.5. The van der Waals surface area contributed by atoms with Crippen LogP contribution in [0.4, 0.5) is 5.00 Å². The summed E-state index contributed by atoms with van der Waals surface area (Å²) in [7, 11) is 0. The summed E-state index contributed by atoms with van der Waals surface area (Å²) in [5, 5.41) is 11.4. The van der Waals surface area contributed by atoms with Gasteiger partial charge in [0.15, 0.2) is 11.5 Å². The van der Waals surface area contributed by atoms with E-state index in [-0.39, 0.29) is 11.6 Å². The van der Waals surface area contributed by atoms with Crippen molar-refractivity contribution < 1.29 is 18.6 Å². The first-order valence-electron chi connectivity index (χ1n) is 8.50. The molecule has 0 radical (unpaired) electrons. The van der Waals surface area contributed by atoms with E-state index in [0.717, 1.165) is 41.0 Å². The Bertz CT molecular complexity index is 985. The minimum Gasteiger partial charge on any atom is -0.376 e. The van der Waals surface area contributed by atoms with Crippen molar-refractivity contribution in [3.63, 3.8) is 0 Å². The largest absolute Gasteiger partial charge is 0.376 e. The molecule has 1 aliphatic heterocycles. The molecule has 3 aromatic heterocycles. The lowest BCUT2D eigenvalue weighted by molar-refractivity contribution is 0.101. The van der Waals surface area contributed by atoms with Crippen molar-refractivity contribution in [2.75, 3.05) is 11.9 Å². The lowest BCUT2D eigenvalue weighted by atomic mass is 10.1. The van der Waals surface area contributed by atoms with Gasteiger partial charge >= 0.3 is 0 Å². The summed E-state index contributed by atoms with van der Waals surface area (Å²) < 4.78 is 16.2. The fourth-order valence-electron chi connectivity index (χ4n) is 3.07. The molecule has 1 fully saturated rings. The highest BCUT2D eigenvalue weighted by Crippen LogP contribution is 2.43. The molecule has 9 heteroatoms. The first-order valence-corrected chi connectivity index (χ1v) is 9.31. The molecular formula is C17H16N4O4S. The van der Waals surface area contributed by atoms with Crippen LogP contribution in [-0.2, 0) is 17.8 Å². The number of aryl methyl sites for hydroxylation is 1. The topological polar surface area (TPSA) is 103 Å². The molecule has 26 heavy (non-hydrogen) atoms. The zero-order valence-electron chi connectivity index (χ0n) is 14.1. The van der Waals surface area contributed by atoms with Gasteiger partial charge in [-0.1, -0.05) is 10.3 Å². The number of ether oxygens (including phenoxy) is 1. The Morgan fingerprint density at radius 1 is 1.31 bits per heavy atom. The van der Waals surface area contributed by atoms with Crippen LogP contribution < -0.4 is 5.32 Å². The fourth-order valence-corrected chi connectivity index (χ4v) is 4.24. The van der Waals surface area contributed by atoms with Gasteiger partial charge in [0.05, 0.1) is 18.8 Å². The molecule has 8 nitrogen and oxygen atoms in total. The summed E-state index contributed by atoms with van der Waals surface area (Å²) in [6.45, 7) is 2.92. The molecule has 0 saturated heterocycles.